The number of guanidine groups is 1. The Kier molecular flexibility index (Phi) is 6.71. The second kappa shape index (κ2) is 7.81. The molecule has 112 valence electrons. The third-order valence-electron chi connectivity index (χ3n) is 3.68. The molecule has 2 rings (SSSR count). The Bertz CT molecular complexity index is 458. The van der Waals surface area contributed by atoms with E-state index in [9.17, 15) is 4.39 Å². The van der Waals surface area contributed by atoms with Gasteiger partial charge in [0, 0.05) is 12.0 Å². The fourth-order valence-electron chi connectivity index (χ4n) is 2.19. The topological polar surface area (TPSA) is 50.4 Å². The first kappa shape index (κ1) is 17.2. The Morgan fingerprint density at radius 1 is 1.45 bits per heavy atom. The summed E-state index contributed by atoms with van der Waals surface area (Å²) in [6.07, 6.45) is 4.34. The van der Waals surface area contributed by atoms with E-state index < -0.39 is 0 Å². The lowest BCUT2D eigenvalue weighted by molar-refractivity contribution is 0.616. The van der Waals surface area contributed by atoms with Gasteiger partial charge in [-0.15, -0.1) is 24.0 Å². The molecule has 0 aliphatic heterocycles. The van der Waals surface area contributed by atoms with Crippen LogP contribution in [0, 0.1) is 5.82 Å². The van der Waals surface area contributed by atoms with Crippen LogP contribution in [-0.2, 0) is 5.41 Å². The molecule has 0 atom stereocenters. The molecule has 0 radical (unpaired) electrons. The molecular weight excluding hydrogens is 368 g/mol. The van der Waals surface area contributed by atoms with Crippen LogP contribution >= 0.6 is 24.0 Å². The lowest BCUT2D eigenvalue weighted by Crippen LogP contribution is -2.33. The van der Waals surface area contributed by atoms with E-state index in [0.29, 0.717) is 12.5 Å². The van der Waals surface area contributed by atoms with Gasteiger partial charge in [0.05, 0.1) is 6.54 Å². The quantitative estimate of drug-likeness (QED) is 0.339. The van der Waals surface area contributed by atoms with E-state index in [4.69, 9.17) is 5.73 Å². The Morgan fingerprint density at radius 2 is 2.20 bits per heavy atom. The third kappa shape index (κ3) is 4.61. The summed E-state index contributed by atoms with van der Waals surface area (Å²) >= 11 is 0. The summed E-state index contributed by atoms with van der Waals surface area (Å²) < 4.78 is 13.3. The van der Waals surface area contributed by atoms with Crippen LogP contribution in [0.25, 0.3) is 0 Å². The van der Waals surface area contributed by atoms with E-state index in [2.05, 4.69) is 17.2 Å². The number of nitrogens with zero attached hydrogens (tertiary/aromatic N) is 1. The van der Waals surface area contributed by atoms with Gasteiger partial charge in [-0.25, -0.2) is 4.39 Å². The number of hydrogen-bond acceptors (Lipinski definition) is 1. The zero-order chi connectivity index (χ0) is 13.7. The Hall–Kier alpha value is -0.850. The maximum Gasteiger partial charge on any atom is 0.188 e. The summed E-state index contributed by atoms with van der Waals surface area (Å²) in [5.74, 6) is 0.318. The molecule has 1 saturated carbocycles. The second-order valence-corrected chi connectivity index (χ2v) is 5.27. The van der Waals surface area contributed by atoms with Crippen molar-refractivity contribution < 1.29 is 4.39 Å². The molecule has 1 aliphatic rings. The van der Waals surface area contributed by atoms with Crippen LogP contribution in [0.4, 0.5) is 4.39 Å². The zero-order valence-corrected chi connectivity index (χ0v) is 14.2. The van der Waals surface area contributed by atoms with E-state index in [0.717, 1.165) is 37.8 Å². The van der Waals surface area contributed by atoms with Gasteiger partial charge in [-0.3, -0.25) is 4.99 Å². The van der Waals surface area contributed by atoms with Crippen LogP contribution in [0.3, 0.4) is 0 Å². The summed E-state index contributed by atoms with van der Waals surface area (Å²) in [7, 11) is 0. The van der Waals surface area contributed by atoms with Gasteiger partial charge in [-0.1, -0.05) is 25.5 Å². The molecule has 20 heavy (non-hydrogen) atoms. The van der Waals surface area contributed by atoms with Gasteiger partial charge < -0.3 is 11.1 Å². The van der Waals surface area contributed by atoms with Gasteiger partial charge in [0.25, 0.3) is 0 Å². The minimum atomic E-state index is -0.179. The number of benzene rings is 1. The summed E-state index contributed by atoms with van der Waals surface area (Å²) in [4.78, 5) is 4.40. The predicted octanol–water partition coefficient (Wildman–Crippen LogP) is 3.18. The number of rotatable bonds is 6. The molecule has 0 aromatic heterocycles. The van der Waals surface area contributed by atoms with Crippen molar-refractivity contribution >= 4 is 29.9 Å². The SMILES string of the molecule is CCCCNC(N)=NCC1(c2cccc(F)c2)CC1.I. The Labute approximate surface area is 137 Å². The minimum absolute atomic E-state index is 0. The van der Waals surface area contributed by atoms with Crippen molar-refractivity contribution in [3.63, 3.8) is 0 Å². The molecule has 0 amide bonds. The molecule has 0 unspecified atom stereocenters. The van der Waals surface area contributed by atoms with Gasteiger partial charge >= 0.3 is 0 Å². The highest BCUT2D eigenvalue weighted by molar-refractivity contribution is 14.0. The van der Waals surface area contributed by atoms with Crippen LogP contribution < -0.4 is 11.1 Å². The summed E-state index contributed by atoms with van der Waals surface area (Å²) in [6.45, 7) is 3.64. The average Bonchev–Trinajstić information content (AvgIpc) is 3.18. The van der Waals surface area contributed by atoms with E-state index in [1.165, 1.54) is 6.07 Å². The van der Waals surface area contributed by atoms with Crippen molar-refractivity contribution in [1.82, 2.24) is 5.32 Å². The highest BCUT2D eigenvalue weighted by Crippen LogP contribution is 2.48. The third-order valence-corrected chi connectivity index (χ3v) is 3.68. The molecule has 1 fully saturated rings. The molecule has 1 aromatic rings. The van der Waals surface area contributed by atoms with Gasteiger partial charge in [0.2, 0.25) is 0 Å². The van der Waals surface area contributed by atoms with E-state index in [1.54, 1.807) is 12.1 Å². The molecule has 0 spiro atoms. The van der Waals surface area contributed by atoms with Crippen LogP contribution in [0.5, 0.6) is 0 Å². The molecule has 3 N–H and O–H groups in total. The molecule has 3 nitrogen and oxygen atoms in total. The molecule has 1 aliphatic carbocycles. The molecule has 0 saturated heterocycles. The van der Waals surface area contributed by atoms with Gasteiger partial charge in [-0.2, -0.15) is 0 Å². The van der Waals surface area contributed by atoms with Gasteiger partial charge in [-0.05, 0) is 37.0 Å². The van der Waals surface area contributed by atoms with Crippen LogP contribution in [-0.4, -0.2) is 19.0 Å². The maximum absolute atomic E-state index is 13.3. The normalized spacial score (nSPS) is 16.4. The van der Waals surface area contributed by atoms with E-state index >= 15 is 0 Å². The highest BCUT2D eigenvalue weighted by atomic mass is 127. The van der Waals surface area contributed by atoms with Crippen LogP contribution in [0.15, 0.2) is 29.3 Å². The van der Waals surface area contributed by atoms with Crippen molar-refractivity contribution in [1.29, 1.82) is 0 Å². The number of aliphatic imine (C=N–C) groups is 1. The summed E-state index contributed by atoms with van der Waals surface area (Å²) in [5.41, 5.74) is 6.87. The van der Waals surface area contributed by atoms with Crippen molar-refractivity contribution in [2.75, 3.05) is 13.1 Å². The monoisotopic (exact) mass is 391 g/mol. The lowest BCUT2D eigenvalue weighted by atomic mass is 9.96. The molecule has 0 heterocycles. The number of hydrogen-bond donors (Lipinski definition) is 2. The number of halogens is 2. The standard InChI is InChI=1S/C15H22FN3.HI/c1-2-3-9-18-14(17)19-11-15(7-8-15)12-5-4-6-13(16)10-12;/h4-6,10H,2-3,7-9,11H2,1H3,(H3,17,18,19);1H. The van der Waals surface area contributed by atoms with Crippen molar-refractivity contribution in [3.05, 3.63) is 35.6 Å². The first-order chi connectivity index (χ1) is 9.16. The smallest absolute Gasteiger partial charge is 0.188 e. The fraction of sp³-hybridized carbons (Fsp3) is 0.533. The Balaban J connectivity index is 0.00000200. The number of nitrogens with two attached hydrogens (primary N) is 1. The maximum atomic E-state index is 13.3. The fourth-order valence-corrected chi connectivity index (χ4v) is 2.19. The summed E-state index contributed by atoms with van der Waals surface area (Å²) in [5, 5.41) is 3.10. The van der Waals surface area contributed by atoms with E-state index in [1.807, 2.05) is 6.07 Å². The largest absolute Gasteiger partial charge is 0.370 e. The Morgan fingerprint density at radius 3 is 2.80 bits per heavy atom. The summed E-state index contributed by atoms with van der Waals surface area (Å²) in [6, 6.07) is 6.83. The number of nitrogens with one attached hydrogen (secondary N) is 1. The first-order valence-corrected chi connectivity index (χ1v) is 6.96. The zero-order valence-electron chi connectivity index (χ0n) is 11.9. The average molecular weight is 391 g/mol. The molecule has 0 bridgehead atoms. The van der Waals surface area contributed by atoms with Crippen molar-refractivity contribution in [2.45, 2.75) is 38.0 Å². The van der Waals surface area contributed by atoms with Crippen molar-refractivity contribution in [2.24, 2.45) is 10.7 Å². The minimum Gasteiger partial charge on any atom is -0.370 e. The van der Waals surface area contributed by atoms with Gasteiger partial charge in [0.15, 0.2) is 5.96 Å². The van der Waals surface area contributed by atoms with Gasteiger partial charge in [0.1, 0.15) is 5.82 Å². The molecular formula is C15H23FIN3. The van der Waals surface area contributed by atoms with Crippen molar-refractivity contribution in [3.8, 4) is 0 Å². The van der Waals surface area contributed by atoms with Crippen LogP contribution in [0.1, 0.15) is 38.2 Å². The first-order valence-electron chi connectivity index (χ1n) is 6.96. The second-order valence-electron chi connectivity index (χ2n) is 5.27. The number of unbranched alkanes of at least 4 members (excludes halogenated alkanes) is 1. The van der Waals surface area contributed by atoms with Crippen LogP contribution in [0.2, 0.25) is 0 Å². The van der Waals surface area contributed by atoms with E-state index in [-0.39, 0.29) is 35.2 Å². The predicted molar refractivity (Wildman–Crippen MR) is 92.1 cm³/mol. The molecule has 1 aromatic carbocycles. The highest BCUT2D eigenvalue weighted by Gasteiger charge is 2.44. The lowest BCUT2D eigenvalue weighted by Gasteiger charge is -2.14. The molecule has 5 heteroatoms.